The van der Waals surface area contributed by atoms with Gasteiger partial charge >= 0.3 is 14.7 Å². The molecule has 0 unspecified atom stereocenters. The lowest BCUT2D eigenvalue weighted by atomic mass is 10.1. The quantitative estimate of drug-likeness (QED) is 0.639. The maximum absolute atomic E-state index is 10.1. The van der Waals surface area contributed by atoms with E-state index in [4.69, 9.17) is 5.11 Å². The monoisotopic (exact) mass is 164 g/mol. The SMILES string of the molecule is CC(C)(CC(=O)O)OP=O. The molecule has 0 amide bonds. The van der Waals surface area contributed by atoms with E-state index in [0.29, 0.717) is 0 Å². The fourth-order valence-corrected chi connectivity index (χ4v) is 0.764. The second-order valence-electron chi connectivity index (χ2n) is 2.50. The Kier molecular flexibility index (Phi) is 3.47. The third-order valence-electron chi connectivity index (χ3n) is 0.861. The first-order valence-corrected chi connectivity index (χ1v) is 3.43. The van der Waals surface area contributed by atoms with Gasteiger partial charge in [-0.2, -0.15) is 0 Å². The highest BCUT2D eigenvalue weighted by Crippen LogP contribution is 2.19. The largest absolute Gasteiger partial charge is 0.481 e. The molecule has 0 aromatic carbocycles. The summed E-state index contributed by atoms with van der Waals surface area (Å²) in [5.41, 5.74) is -0.852. The normalized spacial score (nSPS) is 11.8. The number of hydrogen-bond acceptors (Lipinski definition) is 3. The smallest absolute Gasteiger partial charge is 0.327 e. The molecule has 0 aromatic heterocycles. The number of carboxylic acids is 1. The van der Waals surface area contributed by atoms with Gasteiger partial charge in [0.1, 0.15) is 0 Å². The van der Waals surface area contributed by atoms with Crippen LogP contribution >= 0.6 is 8.69 Å². The Morgan fingerprint density at radius 3 is 2.50 bits per heavy atom. The fourth-order valence-electron chi connectivity index (χ4n) is 0.497. The minimum atomic E-state index is -0.964. The number of hydrogen-bond donors (Lipinski definition) is 1. The molecule has 0 spiro atoms. The third-order valence-corrected chi connectivity index (χ3v) is 1.43. The topological polar surface area (TPSA) is 63.6 Å². The van der Waals surface area contributed by atoms with E-state index in [2.05, 4.69) is 4.52 Å². The van der Waals surface area contributed by atoms with Crippen LogP contribution in [0, 0.1) is 0 Å². The molecular weight excluding hydrogens is 155 g/mol. The molecule has 0 aromatic rings. The Morgan fingerprint density at radius 2 is 2.20 bits per heavy atom. The van der Waals surface area contributed by atoms with E-state index in [1.165, 1.54) is 0 Å². The zero-order valence-corrected chi connectivity index (χ0v) is 6.72. The molecule has 5 heteroatoms. The molecule has 0 saturated heterocycles. The molecule has 58 valence electrons. The molecule has 0 rings (SSSR count). The van der Waals surface area contributed by atoms with Crippen LogP contribution in [0.4, 0.5) is 0 Å². The van der Waals surface area contributed by atoms with E-state index in [0.717, 1.165) is 0 Å². The fraction of sp³-hybridized carbons (Fsp3) is 0.800. The Hall–Kier alpha value is -0.470. The van der Waals surface area contributed by atoms with Crippen LogP contribution in [0.1, 0.15) is 20.3 Å². The van der Waals surface area contributed by atoms with Crippen molar-refractivity contribution in [2.75, 3.05) is 0 Å². The molecule has 0 saturated carbocycles. The van der Waals surface area contributed by atoms with Crippen molar-refractivity contribution >= 4 is 14.7 Å². The van der Waals surface area contributed by atoms with Gasteiger partial charge in [0, 0.05) is 0 Å². The molecule has 0 aliphatic rings. The molecular formula is C5H9O4P. The Labute approximate surface area is 60.5 Å². The van der Waals surface area contributed by atoms with Gasteiger partial charge in [-0.05, 0) is 13.8 Å². The summed E-state index contributed by atoms with van der Waals surface area (Å²) in [7, 11) is -0.484. The zero-order chi connectivity index (χ0) is 8.20. The van der Waals surface area contributed by atoms with E-state index in [1.54, 1.807) is 13.8 Å². The summed E-state index contributed by atoms with van der Waals surface area (Å²) < 4.78 is 14.5. The van der Waals surface area contributed by atoms with Crippen molar-refractivity contribution < 1.29 is 19.0 Å². The van der Waals surface area contributed by atoms with Gasteiger partial charge in [0.15, 0.2) is 0 Å². The van der Waals surface area contributed by atoms with Gasteiger partial charge in [0.25, 0.3) is 0 Å². The second-order valence-corrected chi connectivity index (χ2v) is 2.83. The summed E-state index contributed by atoms with van der Waals surface area (Å²) in [6, 6.07) is 0. The number of carboxylic acid groups (broad SMARTS) is 1. The third kappa shape index (κ3) is 4.41. The molecule has 4 nitrogen and oxygen atoms in total. The standard InChI is InChI=1S/C5H9O4P/c1-5(2,9-10-8)3-4(6)7/h3H2,1-2H3,(H,6,7). The van der Waals surface area contributed by atoms with Crippen LogP contribution < -0.4 is 0 Å². The molecule has 0 bridgehead atoms. The van der Waals surface area contributed by atoms with Crippen molar-refractivity contribution in [2.45, 2.75) is 25.9 Å². The number of carbonyl (C=O) groups is 1. The molecule has 0 aliphatic heterocycles. The summed E-state index contributed by atoms with van der Waals surface area (Å²) in [4.78, 5) is 10.1. The summed E-state index contributed by atoms with van der Waals surface area (Å²) in [6.07, 6.45) is -0.151. The van der Waals surface area contributed by atoms with Crippen LogP contribution in [0.3, 0.4) is 0 Å². The molecule has 10 heavy (non-hydrogen) atoms. The van der Waals surface area contributed by atoms with Crippen LogP contribution in [0.5, 0.6) is 0 Å². The highest BCUT2D eigenvalue weighted by atomic mass is 31.1. The van der Waals surface area contributed by atoms with Crippen molar-refractivity contribution in [3.63, 3.8) is 0 Å². The number of aliphatic carboxylic acids is 1. The maximum atomic E-state index is 10.1. The van der Waals surface area contributed by atoms with Crippen LogP contribution in [0.25, 0.3) is 0 Å². The average molecular weight is 164 g/mol. The molecule has 0 aliphatic carbocycles. The Balaban J connectivity index is 3.85. The zero-order valence-electron chi connectivity index (χ0n) is 5.83. The summed E-state index contributed by atoms with van der Waals surface area (Å²) >= 11 is 0. The summed E-state index contributed by atoms with van der Waals surface area (Å²) in [6.45, 7) is 3.12. The van der Waals surface area contributed by atoms with Gasteiger partial charge in [-0.1, -0.05) is 0 Å². The molecule has 1 N–H and O–H groups in total. The Bertz CT molecular complexity index is 143. The lowest BCUT2D eigenvalue weighted by Gasteiger charge is -2.16. The van der Waals surface area contributed by atoms with Crippen molar-refractivity contribution in [3.8, 4) is 0 Å². The van der Waals surface area contributed by atoms with Crippen LogP contribution in [-0.4, -0.2) is 16.7 Å². The summed E-state index contributed by atoms with van der Waals surface area (Å²) in [5.74, 6) is -0.964. The first kappa shape index (κ1) is 9.53. The highest BCUT2D eigenvalue weighted by molar-refractivity contribution is 7.17. The van der Waals surface area contributed by atoms with Crippen LogP contribution in [-0.2, 0) is 13.9 Å². The van der Waals surface area contributed by atoms with Crippen molar-refractivity contribution in [1.29, 1.82) is 0 Å². The predicted molar refractivity (Wildman–Crippen MR) is 35.0 cm³/mol. The van der Waals surface area contributed by atoms with E-state index >= 15 is 0 Å². The number of rotatable bonds is 4. The van der Waals surface area contributed by atoms with Crippen molar-refractivity contribution in [3.05, 3.63) is 0 Å². The van der Waals surface area contributed by atoms with E-state index in [9.17, 15) is 9.36 Å². The van der Waals surface area contributed by atoms with Gasteiger partial charge in [0.05, 0.1) is 12.0 Å². The van der Waals surface area contributed by atoms with E-state index < -0.39 is 20.3 Å². The van der Waals surface area contributed by atoms with Crippen molar-refractivity contribution in [2.24, 2.45) is 0 Å². The minimum Gasteiger partial charge on any atom is -0.481 e. The first-order chi connectivity index (χ1) is 4.48. The minimum absolute atomic E-state index is 0.151. The van der Waals surface area contributed by atoms with Crippen LogP contribution in [0.2, 0.25) is 0 Å². The lowest BCUT2D eigenvalue weighted by Crippen LogP contribution is -2.24. The van der Waals surface area contributed by atoms with Gasteiger partial charge in [0.2, 0.25) is 0 Å². The molecule has 0 fully saturated rings. The van der Waals surface area contributed by atoms with Gasteiger partial charge in [-0.15, -0.1) is 0 Å². The molecule has 0 atom stereocenters. The van der Waals surface area contributed by atoms with Gasteiger partial charge in [-0.25, -0.2) is 4.57 Å². The van der Waals surface area contributed by atoms with E-state index in [-0.39, 0.29) is 6.42 Å². The molecule has 0 radical (unpaired) electrons. The lowest BCUT2D eigenvalue weighted by molar-refractivity contribution is -0.140. The molecule has 0 heterocycles. The first-order valence-electron chi connectivity index (χ1n) is 2.70. The predicted octanol–water partition coefficient (Wildman–Crippen LogP) is 1.46. The maximum Gasteiger partial charge on any atom is 0.327 e. The van der Waals surface area contributed by atoms with Gasteiger partial charge < -0.3 is 5.11 Å². The Morgan fingerprint density at radius 1 is 1.70 bits per heavy atom. The summed E-state index contributed by atoms with van der Waals surface area (Å²) in [5, 5.41) is 8.29. The van der Waals surface area contributed by atoms with Gasteiger partial charge in [-0.3, -0.25) is 9.32 Å². The van der Waals surface area contributed by atoms with Crippen molar-refractivity contribution in [1.82, 2.24) is 0 Å². The second kappa shape index (κ2) is 3.64. The average Bonchev–Trinajstić information content (AvgIpc) is 1.59. The highest BCUT2D eigenvalue weighted by Gasteiger charge is 2.22. The van der Waals surface area contributed by atoms with Crippen LogP contribution in [0.15, 0.2) is 0 Å². The van der Waals surface area contributed by atoms with E-state index in [1.807, 2.05) is 0 Å².